The second-order valence-corrected chi connectivity index (χ2v) is 5.10. The van der Waals surface area contributed by atoms with Crippen LogP contribution >= 0.6 is 0 Å². The summed E-state index contributed by atoms with van der Waals surface area (Å²) in [6.07, 6.45) is 2.12. The highest BCUT2D eigenvalue weighted by molar-refractivity contribution is 5.92. The van der Waals surface area contributed by atoms with Crippen LogP contribution in [0.3, 0.4) is 0 Å². The summed E-state index contributed by atoms with van der Waals surface area (Å²) < 4.78 is 26.7. The Hall–Kier alpha value is -1.98. The number of hydrogen-bond acceptors (Lipinski definition) is 2. The first kappa shape index (κ1) is 15.4. The summed E-state index contributed by atoms with van der Waals surface area (Å²) in [4.78, 5) is 26.6. The van der Waals surface area contributed by atoms with Crippen LogP contribution in [-0.2, 0) is 9.59 Å². The van der Waals surface area contributed by atoms with Crippen molar-refractivity contribution in [2.24, 2.45) is 0 Å². The standard InChI is InChI=1S/C15H18F2N2O2/c1-11(20)19(14-5-4-12(16)10-13(14)17)9-6-15(21)18-7-2-3-8-18/h4-5,10H,2-3,6-9H2,1H3. The maximum atomic E-state index is 13.8. The smallest absolute Gasteiger partial charge is 0.224 e. The van der Waals surface area contributed by atoms with E-state index in [9.17, 15) is 18.4 Å². The summed E-state index contributed by atoms with van der Waals surface area (Å²) in [7, 11) is 0. The molecule has 6 heteroatoms. The van der Waals surface area contributed by atoms with E-state index in [0.29, 0.717) is 0 Å². The Morgan fingerprint density at radius 2 is 1.90 bits per heavy atom. The van der Waals surface area contributed by atoms with Crippen molar-refractivity contribution in [3.05, 3.63) is 29.8 Å². The average Bonchev–Trinajstić information content (AvgIpc) is 2.94. The van der Waals surface area contributed by atoms with Crippen molar-refractivity contribution >= 4 is 17.5 Å². The minimum atomic E-state index is -0.807. The van der Waals surface area contributed by atoms with Crippen LogP contribution in [0.25, 0.3) is 0 Å². The number of benzene rings is 1. The normalized spacial score (nSPS) is 14.3. The first-order valence-electron chi connectivity index (χ1n) is 7.00. The monoisotopic (exact) mass is 296 g/mol. The van der Waals surface area contributed by atoms with E-state index < -0.39 is 11.6 Å². The zero-order valence-corrected chi connectivity index (χ0v) is 11.9. The van der Waals surface area contributed by atoms with Gasteiger partial charge in [-0.2, -0.15) is 0 Å². The predicted molar refractivity (Wildman–Crippen MR) is 74.8 cm³/mol. The van der Waals surface area contributed by atoms with E-state index >= 15 is 0 Å². The van der Waals surface area contributed by atoms with Crippen LogP contribution in [0.1, 0.15) is 26.2 Å². The quantitative estimate of drug-likeness (QED) is 0.855. The highest BCUT2D eigenvalue weighted by atomic mass is 19.1. The number of anilines is 1. The predicted octanol–water partition coefficient (Wildman–Crippen LogP) is 2.33. The molecule has 0 radical (unpaired) electrons. The number of halogens is 2. The van der Waals surface area contributed by atoms with Gasteiger partial charge in [0.05, 0.1) is 5.69 Å². The Kier molecular flexibility index (Phi) is 4.88. The molecule has 1 aromatic rings. The first-order chi connectivity index (χ1) is 9.99. The molecule has 0 saturated carbocycles. The molecule has 0 unspecified atom stereocenters. The lowest BCUT2D eigenvalue weighted by Gasteiger charge is -2.23. The van der Waals surface area contributed by atoms with Gasteiger partial charge in [-0.15, -0.1) is 0 Å². The molecule has 21 heavy (non-hydrogen) atoms. The van der Waals surface area contributed by atoms with Crippen LogP contribution in [0, 0.1) is 11.6 Å². The molecule has 2 rings (SSSR count). The molecule has 1 aliphatic heterocycles. The molecule has 1 fully saturated rings. The van der Waals surface area contributed by atoms with Crippen LogP contribution in [-0.4, -0.2) is 36.3 Å². The number of amides is 2. The van der Waals surface area contributed by atoms with Crippen molar-refractivity contribution in [1.82, 2.24) is 4.90 Å². The second-order valence-electron chi connectivity index (χ2n) is 5.10. The molecular weight excluding hydrogens is 278 g/mol. The zero-order valence-electron chi connectivity index (χ0n) is 11.9. The van der Waals surface area contributed by atoms with E-state index in [0.717, 1.165) is 38.1 Å². The summed E-state index contributed by atoms with van der Waals surface area (Å²) in [5.41, 5.74) is -0.00174. The van der Waals surface area contributed by atoms with Gasteiger partial charge in [-0.1, -0.05) is 0 Å². The third-order valence-electron chi connectivity index (χ3n) is 3.59. The number of nitrogens with zero attached hydrogens (tertiary/aromatic N) is 2. The van der Waals surface area contributed by atoms with Gasteiger partial charge in [0.15, 0.2) is 0 Å². The number of carbonyl (C=O) groups excluding carboxylic acids is 2. The Bertz CT molecular complexity index is 542. The molecule has 2 amide bonds. The van der Waals surface area contributed by atoms with Crippen LogP contribution in [0.15, 0.2) is 18.2 Å². The minimum absolute atomic E-state index is 0.00174. The fraction of sp³-hybridized carbons (Fsp3) is 0.467. The summed E-state index contributed by atoms with van der Waals surface area (Å²) in [5.74, 6) is -1.93. The van der Waals surface area contributed by atoms with Gasteiger partial charge in [0.2, 0.25) is 11.8 Å². The number of likely N-dealkylation sites (tertiary alicyclic amines) is 1. The van der Waals surface area contributed by atoms with Gasteiger partial charge < -0.3 is 9.80 Å². The summed E-state index contributed by atoms with van der Waals surface area (Å²) in [6, 6.07) is 3.04. The molecule has 0 spiro atoms. The van der Waals surface area contributed by atoms with Crippen molar-refractivity contribution in [2.75, 3.05) is 24.5 Å². The zero-order chi connectivity index (χ0) is 15.4. The second kappa shape index (κ2) is 6.65. The van der Waals surface area contributed by atoms with Gasteiger partial charge in [0, 0.05) is 39.0 Å². The van der Waals surface area contributed by atoms with E-state index in [-0.39, 0.29) is 30.5 Å². The Balaban J connectivity index is 2.05. The Morgan fingerprint density at radius 3 is 2.48 bits per heavy atom. The van der Waals surface area contributed by atoms with Gasteiger partial charge in [0.1, 0.15) is 11.6 Å². The molecule has 0 atom stereocenters. The topological polar surface area (TPSA) is 40.6 Å². The molecule has 1 aromatic carbocycles. The minimum Gasteiger partial charge on any atom is -0.343 e. The van der Waals surface area contributed by atoms with Crippen LogP contribution in [0.5, 0.6) is 0 Å². The highest BCUT2D eigenvalue weighted by Crippen LogP contribution is 2.21. The van der Waals surface area contributed by atoms with Crippen molar-refractivity contribution in [1.29, 1.82) is 0 Å². The third kappa shape index (κ3) is 3.77. The van der Waals surface area contributed by atoms with Crippen molar-refractivity contribution in [3.63, 3.8) is 0 Å². The van der Waals surface area contributed by atoms with Gasteiger partial charge in [-0.3, -0.25) is 9.59 Å². The van der Waals surface area contributed by atoms with Crippen molar-refractivity contribution in [2.45, 2.75) is 26.2 Å². The molecule has 114 valence electrons. The lowest BCUT2D eigenvalue weighted by Crippen LogP contribution is -2.35. The van der Waals surface area contributed by atoms with Gasteiger partial charge in [-0.05, 0) is 25.0 Å². The van der Waals surface area contributed by atoms with E-state index in [1.807, 2.05) is 0 Å². The molecule has 1 saturated heterocycles. The molecule has 0 bridgehead atoms. The molecule has 0 N–H and O–H groups in total. The Morgan fingerprint density at radius 1 is 1.24 bits per heavy atom. The number of carbonyl (C=O) groups is 2. The number of hydrogen-bond donors (Lipinski definition) is 0. The lowest BCUT2D eigenvalue weighted by atomic mass is 10.2. The molecule has 0 aromatic heterocycles. The van der Waals surface area contributed by atoms with Crippen molar-refractivity contribution < 1.29 is 18.4 Å². The maximum Gasteiger partial charge on any atom is 0.224 e. The summed E-state index contributed by atoms with van der Waals surface area (Å²) >= 11 is 0. The molecule has 1 heterocycles. The lowest BCUT2D eigenvalue weighted by molar-refractivity contribution is -0.129. The fourth-order valence-corrected chi connectivity index (χ4v) is 2.48. The van der Waals surface area contributed by atoms with E-state index in [1.165, 1.54) is 17.9 Å². The molecule has 4 nitrogen and oxygen atoms in total. The largest absolute Gasteiger partial charge is 0.343 e. The molecular formula is C15H18F2N2O2. The molecule has 0 aliphatic carbocycles. The third-order valence-corrected chi connectivity index (χ3v) is 3.59. The molecule has 1 aliphatic rings. The van der Waals surface area contributed by atoms with Gasteiger partial charge in [-0.25, -0.2) is 8.78 Å². The van der Waals surface area contributed by atoms with Crippen LogP contribution < -0.4 is 4.90 Å². The van der Waals surface area contributed by atoms with Crippen LogP contribution in [0.2, 0.25) is 0 Å². The van der Waals surface area contributed by atoms with Crippen LogP contribution in [0.4, 0.5) is 14.5 Å². The van der Waals surface area contributed by atoms with Gasteiger partial charge in [0.25, 0.3) is 0 Å². The van der Waals surface area contributed by atoms with Gasteiger partial charge >= 0.3 is 0 Å². The SMILES string of the molecule is CC(=O)N(CCC(=O)N1CCCC1)c1ccc(F)cc1F. The van der Waals surface area contributed by atoms with E-state index in [2.05, 4.69) is 0 Å². The highest BCUT2D eigenvalue weighted by Gasteiger charge is 2.21. The Labute approximate surface area is 122 Å². The number of rotatable bonds is 4. The van der Waals surface area contributed by atoms with Crippen molar-refractivity contribution in [3.8, 4) is 0 Å². The average molecular weight is 296 g/mol. The van der Waals surface area contributed by atoms with E-state index in [1.54, 1.807) is 4.90 Å². The van der Waals surface area contributed by atoms with E-state index in [4.69, 9.17) is 0 Å². The fourth-order valence-electron chi connectivity index (χ4n) is 2.48. The first-order valence-corrected chi connectivity index (χ1v) is 7.00. The maximum absolute atomic E-state index is 13.8. The summed E-state index contributed by atoms with van der Waals surface area (Å²) in [6.45, 7) is 2.87. The summed E-state index contributed by atoms with van der Waals surface area (Å²) in [5, 5.41) is 0.